The molecule has 28 heavy (non-hydrogen) atoms. The van der Waals surface area contributed by atoms with Crippen molar-refractivity contribution in [2.45, 2.75) is 20.5 Å². The molecule has 2 aromatic heterocycles. The second kappa shape index (κ2) is 7.52. The summed E-state index contributed by atoms with van der Waals surface area (Å²) in [6.07, 6.45) is 5.24. The van der Waals surface area contributed by atoms with Gasteiger partial charge in [0.05, 0.1) is 11.7 Å². The standard InChI is InChI=1S/C22H20N4O2/c1-14-8-17(9-15(2)21(14)28-13-16-4-3-7-23-11-16)22(27)25-19-5-6-20-18(10-19)12-24-26-20/h3-12H,13H2,1-2H3,(H,24,26)(H,25,27). The summed E-state index contributed by atoms with van der Waals surface area (Å²) in [5.41, 5.74) is 5.08. The molecule has 140 valence electrons. The Hall–Kier alpha value is -3.67. The Bertz CT molecular complexity index is 1110. The van der Waals surface area contributed by atoms with Crippen LogP contribution in [-0.2, 0) is 6.61 Å². The number of carbonyl (C=O) groups is 1. The maximum Gasteiger partial charge on any atom is 0.255 e. The highest BCUT2D eigenvalue weighted by molar-refractivity contribution is 6.05. The zero-order valence-electron chi connectivity index (χ0n) is 15.7. The molecule has 0 unspecified atom stereocenters. The van der Waals surface area contributed by atoms with Crippen LogP contribution in [0, 0.1) is 13.8 Å². The first kappa shape index (κ1) is 17.7. The Kier molecular flexibility index (Phi) is 4.76. The van der Waals surface area contributed by atoms with E-state index < -0.39 is 0 Å². The van der Waals surface area contributed by atoms with Gasteiger partial charge >= 0.3 is 0 Å². The van der Waals surface area contributed by atoms with Gasteiger partial charge < -0.3 is 10.1 Å². The Balaban J connectivity index is 1.50. The van der Waals surface area contributed by atoms with Crippen molar-refractivity contribution in [3.63, 3.8) is 0 Å². The number of aryl methyl sites for hydroxylation is 2. The van der Waals surface area contributed by atoms with Gasteiger partial charge in [-0.25, -0.2) is 0 Å². The lowest BCUT2D eigenvalue weighted by molar-refractivity contribution is 0.102. The Morgan fingerprint density at radius 1 is 1.11 bits per heavy atom. The molecule has 0 aliphatic carbocycles. The van der Waals surface area contributed by atoms with Gasteiger partial charge in [0.25, 0.3) is 5.91 Å². The van der Waals surface area contributed by atoms with Crippen LogP contribution in [0.2, 0.25) is 0 Å². The molecular formula is C22H20N4O2. The van der Waals surface area contributed by atoms with Crippen LogP contribution in [0.1, 0.15) is 27.0 Å². The summed E-state index contributed by atoms with van der Waals surface area (Å²) in [6, 6.07) is 13.2. The van der Waals surface area contributed by atoms with Crippen LogP contribution in [0.4, 0.5) is 5.69 Å². The fraction of sp³-hybridized carbons (Fsp3) is 0.136. The van der Waals surface area contributed by atoms with Crippen molar-refractivity contribution in [1.82, 2.24) is 15.2 Å². The number of hydrogen-bond acceptors (Lipinski definition) is 4. The molecule has 0 aliphatic heterocycles. The van der Waals surface area contributed by atoms with Gasteiger partial charge in [-0.1, -0.05) is 6.07 Å². The molecule has 0 aliphatic rings. The van der Waals surface area contributed by atoms with E-state index in [9.17, 15) is 4.79 Å². The van der Waals surface area contributed by atoms with Crippen molar-refractivity contribution < 1.29 is 9.53 Å². The summed E-state index contributed by atoms with van der Waals surface area (Å²) in [4.78, 5) is 16.8. The average molecular weight is 372 g/mol. The van der Waals surface area contributed by atoms with Gasteiger partial charge in [-0.05, 0) is 61.4 Å². The van der Waals surface area contributed by atoms with E-state index in [-0.39, 0.29) is 5.91 Å². The summed E-state index contributed by atoms with van der Waals surface area (Å²) in [7, 11) is 0. The highest BCUT2D eigenvalue weighted by atomic mass is 16.5. The number of hydrogen-bond donors (Lipinski definition) is 2. The zero-order chi connectivity index (χ0) is 19.5. The number of rotatable bonds is 5. The lowest BCUT2D eigenvalue weighted by Crippen LogP contribution is -2.13. The predicted molar refractivity (Wildman–Crippen MR) is 109 cm³/mol. The van der Waals surface area contributed by atoms with Gasteiger partial charge in [0.2, 0.25) is 0 Å². The number of anilines is 1. The normalized spacial score (nSPS) is 10.8. The topological polar surface area (TPSA) is 79.9 Å². The largest absolute Gasteiger partial charge is 0.488 e. The maximum absolute atomic E-state index is 12.7. The first-order valence-corrected chi connectivity index (χ1v) is 8.97. The SMILES string of the molecule is Cc1cc(C(=O)Nc2ccc3[nH]ncc3c2)cc(C)c1OCc1cccnc1. The van der Waals surface area contributed by atoms with Gasteiger partial charge in [0.1, 0.15) is 12.4 Å². The Morgan fingerprint density at radius 2 is 1.93 bits per heavy atom. The quantitative estimate of drug-likeness (QED) is 0.544. The number of fused-ring (bicyclic) bond motifs is 1. The summed E-state index contributed by atoms with van der Waals surface area (Å²) in [5, 5.41) is 10.8. The maximum atomic E-state index is 12.7. The third-order valence-electron chi connectivity index (χ3n) is 4.53. The number of pyridine rings is 1. The number of H-pyrrole nitrogens is 1. The van der Waals surface area contributed by atoms with Gasteiger partial charge in [0.15, 0.2) is 0 Å². The molecule has 0 fully saturated rings. The van der Waals surface area contributed by atoms with E-state index in [4.69, 9.17) is 4.74 Å². The lowest BCUT2D eigenvalue weighted by atomic mass is 10.0. The molecular weight excluding hydrogens is 352 g/mol. The van der Waals surface area contributed by atoms with Crippen LogP contribution in [0.5, 0.6) is 5.75 Å². The van der Waals surface area contributed by atoms with E-state index >= 15 is 0 Å². The summed E-state index contributed by atoms with van der Waals surface area (Å²) >= 11 is 0. The monoisotopic (exact) mass is 372 g/mol. The molecule has 6 heteroatoms. The molecule has 2 heterocycles. The number of amides is 1. The molecule has 0 radical (unpaired) electrons. The minimum atomic E-state index is -0.159. The molecule has 0 saturated carbocycles. The molecule has 2 aromatic carbocycles. The van der Waals surface area contributed by atoms with Gasteiger partial charge in [-0.2, -0.15) is 5.10 Å². The number of benzene rings is 2. The molecule has 1 amide bonds. The highest BCUT2D eigenvalue weighted by Gasteiger charge is 2.13. The molecule has 0 bridgehead atoms. The Morgan fingerprint density at radius 3 is 2.68 bits per heavy atom. The van der Waals surface area contributed by atoms with Crippen LogP contribution in [-0.4, -0.2) is 21.1 Å². The molecule has 4 rings (SSSR count). The zero-order valence-corrected chi connectivity index (χ0v) is 15.7. The van der Waals surface area contributed by atoms with E-state index in [0.717, 1.165) is 39.0 Å². The first-order valence-electron chi connectivity index (χ1n) is 8.97. The van der Waals surface area contributed by atoms with Crippen molar-refractivity contribution >= 4 is 22.5 Å². The van der Waals surface area contributed by atoms with Crippen molar-refractivity contribution in [3.05, 3.63) is 83.3 Å². The van der Waals surface area contributed by atoms with Gasteiger partial charge in [-0.3, -0.25) is 14.9 Å². The van der Waals surface area contributed by atoms with Crippen LogP contribution >= 0.6 is 0 Å². The van der Waals surface area contributed by atoms with E-state index in [2.05, 4.69) is 20.5 Å². The van der Waals surface area contributed by atoms with Crippen molar-refractivity contribution in [2.24, 2.45) is 0 Å². The van der Waals surface area contributed by atoms with E-state index in [1.165, 1.54) is 0 Å². The van der Waals surface area contributed by atoms with Crippen molar-refractivity contribution in [2.75, 3.05) is 5.32 Å². The number of ether oxygens (including phenoxy) is 1. The number of nitrogens with zero attached hydrogens (tertiary/aromatic N) is 2. The van der Waals surface area contributed by atoms with Crippen molar-refractivity contribution in [3.8, 4) is 5.75 Å². The van der Waals surface area contributed by atoms with Gasteiger partial charge in [0, 0.05) is 34.6 Å². The molecule has 2 N–H and O–H groups in total. The van der Waals surface area contributed by atoms with E-state index in [1.807, 2.05) is 56.3 Å². The third kappa shape index (κ3) is 3.71. The van der Waals surface area contributed by atoms with Crippen LogP contribution in [0.25, 0.3) is 10.9 Å². The second-order valence-electron chi connectivity index (χ2n) is 6.72. The number of nitrogens with one attached hydrogen (secondary N) is 2. The molecule has 6 nitrogen and oxygen atoms in total. The molecule has 0 atom stereocenters. The first-order chi connectivity index (χ1) is 13.6. The third-order valence-corrected chi connectivity index (χ3v) is 4.53. The Labute approximate surface area is 162 Å². The van der Waals surface area contributed by atoms with Crippen molar-refractivity contribution in [1.29, 1.82) is 0 Å². The van der Waals surface area contributed by atoms with E-state index in [1.54, 1.807) is 18.6 Å². The van der Waals surface area contributed by atoms with Crippen LogP contribution in [0.15, 0.2) is 61.1 Å². The molecule has 0 saturated heterocycles. The minimum absolute atomic E-state index is 0.159. The molecule has 4 aromatic rings. The summed E-state index contributed by atoms with van der Waals surface area (Å²) < 4.78 is 5.96. The summed E-state index contributed by atoms with van der Waals surface area (Å²) in [6.45, 7) is 4.32. The second-order valence-corrected chi connectivity index (χ2v) is 6.72. The fourth-order valence-electron chi connectivity index (χ4n) is 3.17. The van der Waals surface area contributed by atoms with Gasteiger partial charge in [-0.15, -0.1) is 0 Å². The lowest BCUT2D eigenvalue weighted by Gasteiger charge is -2.14. The van der Waals surface area contributed by atoms with E-state index in [0.29, 0.717) is 12.2 Å². The highest BCUT2D eigenvalue weighted by Crippen LogP contribution is 2.26. The number of aromatic nitrogens is 3. The number of aromatic amines is 1. The van der Waals surface area contributed by atoms with Crippen LogP contribution < -0.4 is 10.1 Å². The predicted octanol–water partition coefficient (Wildman–Crippen LogP) is 4.41. The minimum Gasteiger partial charge on any atom is -0.488 e. The number of carbonyl (C=O) groups excluding carboxylic acids is 1. The molecule has 0 spiro atoms. The average Bonchev–Trinajstić information content (AvgIpc) is 3.16. The van der Waals surface area contributed by atoms with Crippen LogP contribution in [0.3, 0.4) is 0 Å². The fourth-order valence-corrected chi connectivity index (χ4v) is 3.17. The summed E-state index contributed by atoms with van der Waals surface area (Å²) in [5.74, 6) is 0.632. The smallest absolute Gasteiger partial charge is 0.255 e.